The van der Waals surface area contributed by atoms with Gasteiger partial charge in [-0.3, -0.25) is 4.90 Å². The van der Waals surface area contributed by atoms with E-state index in [9.17, 15) is 4.79 Å². The molecule has 1 aliphatic heterocycles. The van der Waals surface area contributed by atoms with Crippen molar-refractivity contribution in [1.29, 1.82) is 0 Å². The topological polar surface area (TPSA) is 51.1 Å². The molecule has 0 bridgehead atoms. The number of carbonyl (C=O) groups excluding carboxylic acids is 1. The van der Waals surface area contributed by atoms with Gasteiger partial charge in [-0.25, -0.2) is 4.79 Å². The second-order valence-corrected chi connectivity index (χ2v) is 6.24. The zero-order chi connectivity index (χ0) is 15.6. The fraction of sp³-hybridized carbons (Fsp3) is 0.588. The van der Waals surface area contributed by atoms with Gasteiger partial charge in [-0.05, 0) is 26.0 Å². The third kappa shape index (κ3) is 2.62. The van der Waals surface area contributed by atoms with Crippen molar-refractivity contribution in [1.82, 2.24) is 4.90 Å². The number of isocyanates is 1. The Balaban J connectivity index is 2.00. The molecule has 0 atom stereocenters. The first-order chi connectivity index (χ1) is 10.7. The first-order valence-electron chi connectivity index (χ1n) is 7.80. The van der Waals surface area contributed by atoms with Gasteiger partial charge in [0.1, 0.15) is 11.6 Å². The van der Waals surface area contributed by atoms with Crippen LogP contribution in [0.2, 0.25) is 0 Å². The lowest BCUT2D eigenvalue weighted by Crippen LogP contribution is -2.51. The summed E-state index contributed by atoms with van der Waals surface area (Å²) in [7, 11) is 3.71. The van der Waals surface area contributed by atoms with Crippen molar-refractivity contribution in [3.63, 3.8) is 0 Å². The fourth-order valence-electron chi connectivity index (χ4n) is 3.54. The predicted octanol–water partition coefficient (Wildman–Crippen LogP) is 2.49. The molecular weight excluding hydrogens is 280 g/mol. The number of hydrogen-bond acceptors (Lipinski definition) is 5. The standard InChI is InChI=1S/C17H22N2O3/c1-19-10-13(11-19)22-16-14(6-5-7-15(16)21-2)17(18-12-20)8-3-4-9-17/h5-7,13H,3-4,8-11H2,1-2H3. The van der Waals surface area contributed by atoms with E-state index in [-0.39, 0.29) is 6.10 Å². The van der Waals surface area contributed by atoms with E-state index in [4.69, 9.17) is 9.47 Å². The first-order valence-corrected chi connectivity index (χ1v) is 7.80. The van der Waals surface area contributed by atoms with Gasteiger partial charge in [0.05, 0.1) is 7.11 Å². The quantitative estimate of drug-likeness (QED) is 0.619. The molecule has 3 rings (SSSR count). The molecule has 5 heteroatoms. The molecule has 0 spiro atoms. The van der Waals surface area contributed by atoms with Gasteiger partial charge in [0.2, 0.25) is 6.08 Å². The molecule has 1 saturated carbocycles. The van der Waals surface area contributed by atoms with E-state index in [0.717, 1.165) is 50.1 Å². The van der Waals surface area contributed by atoms with Crippen LogP contribution < -0.4 is 9.47 Å². The summed E-state index contributed by atoms with van der Waals surface area (Å²) in [5.74, 6) is 1.45. The number of likely N-dealkylation sites (tertiary alicyclic amines) is 1. The molecular formula is C17H22N2O3. The maximum Gasteiger partial charge on any atom is 0.235 e. The minimum Gasteiger partial charge on any atom is -0.493 e. The number of benzene rings is 1. The highest BCUT2D eigenvalue weighted by atomic mass is 16.5. The van der Waals surface area contributed by atoms with Crippen molar-refractivity contribution in [2.75, 3.05) is 27.2 Å². The van der Waals surface area contributed by atoms with Crippen molar-refractivity contribution >= 4 is 6.08 Å². The Hall–Kier alpha value is -1.84. The lowest BCUT2D eigenvalue weighted by molar-refractivity contribution is 0.0354. The van der Waals surface area contributed by atoms with Crippen molar-refractivity contribution in [2.24, 2.45) is 4.99 Å². The molecule has 1 heterocycles. The van der Waals surface area contributed by atoms with Crippen LogP contribution in [0.25, 0.3) is 0 Å². The molecule has 1 aromatic rings. The highest BCUT2D eigenvalue weighted by Crippen LogP contribution is 2.48. The van der Waals surface area contributed by atoms with Crippen molar-refractivity contribution < 1.29 is 14.3 Å². The summed E-state index contributed by atoms with van der Waals surface area (Å²) < 4.78 is 11.7. The lowest BCUT2D eigenvalue weighted by Gasteiger charge is -2.37. The molecule has 22 heavy (non-hydrogen) atoms. The summed E-state index contributed by atoms with van der Waals surface area (Å²) in [5, 5.41) is 0. The smallest absolute Gasteiger partial charge is 0.235 e. The number of rotatable bonds is 5. The Morgan fingerprint density at radius 1 is 1.32 bits per heavy atom. The lowest BCUT2D eigenvalue weighted by atomic mass is 9.88. The average Bonchev–Trinajstić information content (AvgIpc) is 2.96. The van der Waals surface area contributed by atoms with E-state index in [0.29, 0.717) is 5.75 Å². The number of para-hydroxylation sites is 1. The van der Waals surface area contributed by atoms with Crippen LogP contribution in [0.4, 0.5) is 0 Å². The summed E-state index contributed by atoms with van der Waals surface area (Å²) in [6.07, 6.45) is 5.78. The second kappa shape index (κ2) is 6.11. The van der Waals surface area contributed by atoms with Crippen LogP contribution in [0.3, 0.4) is 0 Å². The van der Waals surface area contributed by atoms with Gasteiger partial charge >= 0.3 is 0 Å². The molecule has 1 aromatic carbocycles. The second-order valence-electron chi connectivity index (χ2n) is 6.24. The minimum atomic E-state index is -0.499. The number of methoxy groups -OCH3 is 1. The van der Waals surface area contributed by atoms with Crippen molar-refractivity contribution in [3.05, 3.63) is 23.8 Å². The molecule has 5 nitrogen and oxygen atoms in total. The number of ether oxygens (including phenoxy) is 2. The van der Waals surface area contributed by atoms with Crippen LogP contribution in [-0.4, -0.2) is 44.3 Å². The molecule has 0 unspecified atom stereocenters. The largest absolute Gasteiger partial charge is 0.493 e. The normalized spacial score (nSPS) is 21.0. The molecule has 0 N–H and O–H groups in total. The van der Waals surface area contributed by atoms with Crippen LogP contribution in [0.1, 0.15) is 31.2 Å². The van der Waals surface area contributed by atoms with Gasteiger partial charge in [-0.15, -0.1) is 0 Å². The van der Waals surface area contributed by atoms with Crippen molar-refractivity contribution in [3.8, 4) is 11.5 Å². The third-order valence-electron chi connectivity index (χ3n) is 4.71. The molecule has 1 saturated heterocycles. The molecule has 0 aromatic heterocycles. The van der Waals surface area contributed by atoms with Gasteiger partial charge < -0.3 is 9.47 Å². The molecule has 2 fully saturated rings. The van der Waals surface area contributed by atoms with Crippen LogP contribution >= 0.6 is 0 Å². The molecule has 118 valence electrons. The Kier molecular flexibility index (Phi) is 4.19. The average molecular weight is 302 g/mol. The maximum absolute atomic E-state index is 11.0. The predicted molar refractivity (Wildman–Crippen MR) is 83.2 cm³/mol. The van der Waals surface area contributed by atoms with Crippen molar-refractivity contribution in [2.45, 2.75) is 37.3 Å². The first kappa shape index (κ1) is 15.1. The van der Waals surface area contributed by atoms with Crippen LogP contribution in [0, 0.1) is 0 Å². The zero-order valence-electron chi connectivity index (χ0n) is 13.2. The summed E-state index contributed by atoms with van der Waals surface area (Å²) in [6.45, 7) is 1.81. The Morgan fingerprint density at radius 2 is 2.05 bits per heavy atom. The van der Waals surface area contributed by atoms with Gasteiger partial charge in [-0.1, -0.05) is 25.0 Å². The Bertz CT molecular complexity index is 584. The summed E-state index contributed by atoms with van der Waals surface area (Å²) in [4.78, 5) is 17.3. The van der Waals surface area contributed by atoms with Crippen LogP contribution in [0.5, 0.6) is 11.5 Å². The van der Waals surface area contributed by atoms with Gasteiger partial charge in [0.15, 0.2) is 11.5 Å². The van der Waals surface area contributed by atoms with E-state index in [1.165, 1.54) is 0 Å². The number of nitrogens with zero attached hydrogens (tertiary/aromatic N) is 2. The van der Waals surface area contributed by atoms with E-state index in [1.54, 1.807) is 13.2 Å². The fourth-order valence-corrected chi connectivity index (χ4v) is 3.54. The summed E-state index contributed by atoms with van der Waals surface area (Å²) in [5.41, 5.74) is 0.462. The molecule has 0 amide bonds. The summed E-state index contributed by atoms with van der Waals surface area (Å²) in [6, 6.07) is 5.84. The van der Waals surface area contributed by atoms with Gasteiger partial charge in [0.25, 0.3) is 0 Å². The molecule has 1 aliphatic carbocycles. The van der Waals surface area contributed by atoms with Gasteiger partial charge in [0, 0.05) is 18.7 Å². The molecule has 2 aliphatic rings. The van der Waals surface area contributed by atoms with Gasteiger partial charge in [-0.2, -0.15) is 4.99 Å². The number of likely N-dealkylation sites (N-methyl/N-ethyl adjacent to an activating group) is 1. The number of hydrogen-bond donors (Lipinski definition) is 0. The van der Waals surface area contributed by atoms with E-state index < -0.39 is 5.54 Å². The highest BCUT2D eigenvalue weighted by molar-refractivity contribution is 5.52. The third-order valence-corrected chi connectivity index (χ3v) is 4.71. The molecule has 0 radical (unpaired) electrons. The van der Waals surface area contributed by atoms with E-state index in [1.807, 2.05) is 18.2 Å². The van der Waals surface area contributed by atoms with Crippen LogP contribution in [0.15, 0.2) is 23.2 Å². The summed E-state index contributed by atoms with van der Waals surface area (Å²) >= 11 is 0. The maximum atomic E-state index is 11.0. The van der Waals surface area contributed by atoms with E-state index in [2.05, 4.69) is 16.9 Å². The van der Waals surface area contributed by atoms with E-state index >= 15 is 0 Å². The zero-order valence-corrected chi connectivity index (χ0v) is 13.2. The van der Waals surface area contributed by atoms with Crippen LogP contribution in [-0.2, 0) is 10.3 Å². The SMILES string of the molecule is COc1cccc(C2(N=C=O)CCCC2)c1OC1CN(C)C1. The Labute approximate surface area is 130 Å². The minimum absolute atomic E-state index is 0.165. The Morgan fingerprint density at radius 3 is 2.64 bits per heavy atom. The highest BCUT2D eigenvalue weighted by Gasteiger charge is 2.40. The number of aliphatic imine (C=N–C) groups is 1. The monoisotopic (exact) mass is 302 g/mol.